The van der Waals surface area contributed by atoms with Crippen LogP contribution in [0.25, 0.3) is 10.9 Å². The first-order valence-corrected chi connectivity index (χ1v) is 13.9. The molecule has 1 aliphatic rings. The number of aliphatic carboxylic acids is 1. The summed E-state index contributed by atoms with van der Waals surface area (Å²) < 4.78 is 28.7. The number of aromatic nitrogens is 2. The molecule has 0 saturated carbocycles. The fourth-order valence-electron chi connectivity index (χ4n) is 4.57. The number of pyridine rings is 2. The van der Waals surface area contributed by atoms with E-state index >= 15 is 0 Å². The SMILES string of the molecule is O=C(O)CCc1cncc(N2CCN(C(=O)c3ccc(NS(=O)(=O)c4cccc5cccnc45)cc3)CC2)c1. The summed E-state index contributed by atoms with van der Waals surface area (Å²) in [6, 6.07) is 16.9. The number of nitrogens with zero attached hydrogens (tertiary/aromatic N) is 4. The zero-order valence-electron chi connectivity index (χ0n) is 21.0. The molecular weight excluding hydrogens is 518 g/mol. The number of piperazine rings is 1. The van der Waals surface area contributed by atoms with Gasteiger partial charge in [-0.15, -0.1) is 0 Å². The van der Waals surface area contributed by atoms with E-state index in [1.54, 1.807) is 72.0 Å². The molecule has 1 fully saturated rings. The number of carbonyl (C=O) groups excluding carboxylic acids is 1. The molecule has 10 nitrogen and oxygen atoms in total. The fraction of sp³-hybridized carbons (Fsp3) is 0.214. The highest BCUT2D eigenvalue weighted by molar-refractivity contribution is 7.93. The first-order valence-electron chi connectivity index (χ1n) is 12.5. The number of nitrogens with one attached hydrogen (secondary N) is 1. The summed E-state index contributed by atoms with van der Waals surface area (Å²) in [5.74, 6) is -0.976. The van der Waals surface area contributed by atoms with E-state index in [0.29, 0.717) is 49.4 Å². The van der Waals surface area contributed by atoms with E-state index in [1.165, 1.54) is 6.07 Å². The van der Waals surface area contributed by atoms with Crippen LogP contribution in [0, 0.1) is 0 Å². The first kappa shape index (κ1) is 26.1. The average molecular weight is 546 g/mol. The van der Waals surface area contributed by atoms with Gasteiger partial charge in [-0.1, -0.05) is 18.2 Å². The monoisotopic (exact) mass is 545 g/mol. The molecule has 11 heteroatoms. The third kappa shape index (κ3) is 5.99. The highest BCUT2D eigenvalue weighted by Crippen LogP contribution is 2.24. The van der Waals surface area contributed by atoms with E-state index in [2.05, 4.69) is 19.6 Å². The summed E-state index contributed by atoms with van der Waals surface area (Å²) in [5.41, 5.74) is 2.97. The second kappa shape index (κ2) is 11.1. The van der Waals surface area contributed by atoms with Gasteiger partial charge in [-0.05, 0) is 54.4 Å². The van der Waals surface area contributed by atoms with Crippen molar-refractivity contribution in [2.24, 2.45) is 0 Å². The van der Waals surface area contributed by atoms with Gasteiger partial charge in [0.1, 0.15) is 4.90 Å². The third-order valence-corrected chi connectivity index (χ3v) is 8.02. The molecule has 1 amide bonds. The van der Waals surface area contributed by atoms with Crippen molar-refractivity contribution in [1.29, 1.82) is 0 Å². The highest BCUT2D eigenvalue weighted by Gasteiger charge is 2.23. The molecule has 0 spiro atoms. The zero-order chi connectivity index (χ0) is 27.4. The van der Waals surface area contributed by atoms with Gasteiger partial charge in [0, 0.05) is 61.6 Å². The van der Waals surface area contributed by atoms with Crippen molar-refractivity contribution in [3.8, 4) is 0 Å². The summed E-state index contributed by atoms with van der Waals surface area (Å²) in [6.45, 7) is 2.26. The number of aryl methyl sites for hydroxylation is 1. The Morgan fingerprint density at radius 3 is 2.44 bits per heavy atom. The summed E-state index contributed by atoms with van der Waals surface area (Å²) in [4.78, 5) is 36.4. The number of hydrogen-bond donors (Lipinski definition) is 2. The summed E-state index contributed by atoms with van der Waals surface area (Å²) >= 11 is 0. The van der Waals surface area contributed by atoms with Crippen LogP contribution in [0.2, 0.25) is 0 Å². The third-order valence-electron chi connectivity index (χ3n) is 6.61. The van der Waals surface area contributed by atoms with Gasteiger partial charge in [0.05, 0.1) is 17.4 Å². The lowest BCUT2D eigenvalue weighted by Gasteiger charge is -2.36. The highest BCUT2D eigenvalue weighted by atomic mass is 32.2. The van der Waals surface area contributed by atoms with Gasteiger partial charge < -0.3 is 14.9 Å². The number of fused-ring (bicyclic) bond motifs is 1. The quantitative estimate of drug-likeness (QED) is 0.344. The molecule has 1 aliphatic heterocycles. The lowest BCUT2D eigenvalue weighted by Crippen LogP contribution is -2.48. The van der Waals surface area contributed by atoms with Crippen molar-refractivity contribution in [2.45, 2.75) is 17.7 Å². The van der Waals surface area contributed by atoms with Crippen molar-refractivity contribution >= 4 is 44.2 Å². The topological polar surface area (TPSA) is 133 Å². The number of hydrogen-bond acceptors (Lipinski definition) is 7. The molecular formula is C28H27N5O5S. The smallest absolute Gasteiger partial charge is 0.303 e. The second-order valence-electron chi connectivity index (χ2n) is 9.24. The van der Waals surface area contributed by atoms with Gasteiger partial charge >= 0.3 is 5.97 Å². The van der Waals surface area contributed by atoms with Crippen LogP contribution in [-0.2, 0) is 21.2 Å². The van der Waals surface area contributed by atoms with Crippen molar-refractivity contribution in [3.63, 3.8) is 0 Å². The molecule has 2 N–H and O–H groups in total. The Labute approximate surface area is 226 Å². The standard InChI is InChI=1S/C28H27N5O5S/c34-26(35)11-6-20-17-24(19-29-18-20)32-13-15-33(16-14-32)28(36)22-7-9-23(10-8-22)31-39(37,38)25-5-1-3-21-4-2-12-30-27(21)25/h1-5,7-10,12,17-19,31H,6,11,13-16H2,(H,34,35). The van der Waals surface area contributed by atoms with Crippen LogP contribution in [0.5, 0.6) is 0 Å². The molecule has 5 rings (SSSR count). The van der Waals surface area contributed by atoms with Crippen LogP contribution >= 0.6 is 0 Å². The average Bonchev–Trinajstić information content (AvgIpc) is 2.96. The van der Waals surface area contributed by atoms with Crippen LogP contribution in [0.1, 0.15) is 22.3 Å². The predicted molar refractivity (Wildman–Crippen MR) is 147 cm³/mol. The number of para-hydroxylation sites is 1. The number of carboxylic acid groups (broad SMARTS) is 1. The molecule has 3 heterocycles. The van der Waals surface area contributed by atoms with Crippen molar-refractivity contribution in [3.05, 3.63) is 90.4 Å². The summed E-state index contributed by atoms with van der Waals surface area (Å²) in [7, 11) is -3.88. The Hall–Kier alpha value is -4.51. The molecule has 0 atom stereocenters. The molecule has 0 bridgehead atoms. The summed E-state index contributed by atoms with van der Waals surface area (Å²) in [6.07, 6.45) is 5.44. The van der Waals surface area contributed by atoms with Crippen molar-refractivity contribution in [2.75, 3.05) is 35.8 Å². The number of amides is 1. The molecule has 0 radical (unpaired) electrons. The maximum atomic E-state index is 13.1. The van der Waals surface area contributed by atoms with Crippen LogP contribution < -0.4 is 9.62 Å². The van der Waals surface area contributed by atoms with E-state index in [1.807, 2.05) is 6.07 Å². The largest absolute Gasteiger partial charge is 0.481 e. The second-order valence-corrected chi connectivity index (χ2v) is 10.9. The summed E-state index contributed by atoms with van der Waals surface area (Å²) in [5, 5.41) is 9.64. The van der Waals surface area contributed by atoms with E-state index in [-0.39, 0.29) is 17.2 Å². The van der Waals surface area contributed by atoms with Crippen molar-refractivity contribution < 1.29 is 23.1 Å². The maximum Gasteiger partial charge on any atom is 0.303 e. The van der Waals surface area contributed by atoms with Crippen LogP contribution in [0.3, 0.4) is 0 Å². The Kier molecular flexibility index (Phi) is 7.42. The number of anilines is 2. The number of carboxylic acids is 1. The normalized spacial score (nSPS) is 13.8. The van der Waals surface area contributed by atoms with Crippen LogP contribution in [-0.4, -0.2) is 66.4 Å². The number of carbonyl (C=O) groups is 2. The van der Waals surface area contributed by atoms with E-state index in [4.69, 9.17) is 5.11 Å². The lowest BCUT2D eigenvalue weighted by atomic mass is 10.1. The van der Waals surface area contributed by atoms with E-state index in [9.17, 15) is 18.0 Å². The maximum absolute atomic E-state index is 13.1. The number of rotatable bonds is 8. The van der Waals surface area contributed by atoms with Gasteiger partial charge in [0.15, 0.2) is 0 Å². The lowest BCUT2D eigenvalue weighted by molar-refractivity contribution is -0.136. The van der Waals surface area contributed by atoms with E-state index in [0.717, 1.165) is 16.6 Å². The molecule has 2 aromatic heterocycles. The molecule has 1 saturated heterocycles. The Balaban J connectivity index is 1.21. The Morgan fingerprint density at radius 2 is 1.69 bits per heavy atom. The predicted octanol–water partition coefficient (Wildman–Crippen LogP) is 3.41. The van der Waals surface area contributed by atoms with E-state index < -0.39 is 16.0 Å². The number of benzene rings is 2. The van der Waals surface area contributed by atoms with Gasteiger partial charge in [0.2, 0.25) is 0 Å². The molecule has 39 heavy (non-hydrogen) atoms. The van der Waals surface area contributed by atoms with Crippen LogP contribution in [0.4, 0.5) is 11.4 Å². The van der Waals surface area contributed by atoms with Gasteiger partial charge in [0.25, 0.3) is 15.9 Å². The minimum atomic E-state index is -3.88. The molecule has 200 valence electrons. The fourth-order valence-corrected chi connectivity index (χ4v) is 5.81. The van der Waals surface area contributed by atoms with Crippen molar-refractivity contribution in [1.82, 2.24) is 14.9 Å². The Morgan fingerprint density at radius 1 is 0.949 bits per heavy atom. The molecule has 0 unspecified atom stereocenters. The van der Waals surface area contributed by atoms with Gasteiger partial charge in [-0.2, -0.15) is 0 Å². The minimum Gasteiger partial charge on any atom is -0.481 e. The van der Waals surface area contributed by atoms with Gasteiger partial charge in [-0.3, -0.25) is 24.3 Å². The molecule has 2 aromatic carbocycles. The number of sulfonamides is 1. The molecule has 0 aliphatic carbocycles. The Bertz CT molecular complexity index is 1610. The first-order chi connectivity index (χ1) is 18.8. The molecule has 4 aromatic rings. The minimum absolute atomic E-state index is 0.0496. The van der Waals surface area contributed by atoms with Gasteiger partial charge in [-0.25, -0.2) is 8.42 Å². The zero-order valence-corrected chi connectivity index (χ0v) is 21.8. The van der Waals surface area contributed by atoms with Crippen LogP contribution in [0.15, 0.2) is 84.1 Å².